The van der Waals surface area contributed by atoms with E-state index in [-0.39, 0.29) is 34.8 Å². The van der Waals surface area contributed by atoms with Crippen molar-refractivity contribution in [3.05, 3.63) is 17.2 Å². The Morgan fingerprint density at radius 2 is 1.86 bits per heavy atom. The van der Waals surface area contributed by atoms with Crippen LogP contribution in [0.2, 0.25) is 0 Å². The van der Waals surface area contributed by atoms with Gasteiger partial charge in [-0.3, -0.25) is 4.79 Å². The molecule has 0 aliphatic heterocycles. The Balaban J connectivity index is 3.44. The van der Waals surface area contributed by atoms with E-state index >= 15 is 0 Å². The maximum absolute atomic E-state index is 11.3. The summed E-state index contributed by atoms with van der Waals surface area (Å²) in [4.78, 5) is 11.3. The lowest BCUT2D eigenvalue weighted by atomic mass is 10.0. The fraction of sp³-hybridized carbons (Fsp3) is 0.300. The molecule has 14 heavy (non-hydrogen) atoms. The number of carbonyl (C=O) groups is 1. The monoisotopic (exact) mass is 196 g/mol. The Hall–Kier alpha value is -1.71. The molecule has 1 aromatic rings. The van der Waals surface area contributed by atoms with E-state index in [1.54, 1.807) is 6.92 Å². The van der Waals surface area contributed by atoms with Crippen LogP contribution >= 0.6 is 0 Å². The highest BCUT2D eigenvalue weighted by Gasteiger charge is 2.18. The van der Waals surface area contributed by atoms with Crippen molar-refractivity contribution in [1.82, 2.24) is 0 Å². The van der Waals surface area contributed by atoms with Crippen molar-refractivity contribution < 1.29 is 20.1 Å². The number of hydrogen-bond donors (Lipinski definition) is 3. The lowest BCUT2D eigenvalue weighted by Crippen LogP contribution is -1.99. The smallest absolute Gasteiger partial charge is 0.170 e. The van der Waals surface area contributed by atoms with Gasteiger partial charge in [-0.2, -0.15) is 0 Å². The van der Waals surface area contributed by atoms with E-state index in [1.807, 2.05) is 0 Å². The molecular formula is C10H12O4. The molecule has 1 aromatic carbocycles. The highest BCUT2D eigenvalue weighted by molar-refractivity contribution is 6.01. The Morgan fingerprint density at radius 1 is 1.29 bits per heavy atom. The second kappa shape index (κ2) is 3.57. The van der Waals surface area contributed by atoms with Gasteiger partial charge in [-0.05, 0) is 6.92 Å². The lowest BCUT2D eigenvalue weighted by Gasteiger charge is -2.09. The number of carbonyl (C=O) groups excluding carboxylic acids is 1. The fourth-order valence-corrected chi connectivity index (χ4v) is 1.19. The summed E-state index contributed by atoms with van der Waals surface area (Å²) in [7, 11) is 0. The molecule has 4 heteroatoms. The number of benzene rings is 1. The number of phenolic OH excluding ortho intramolecular Hbond substituents is 3. The topological polar surface area (TPSA) is 77.8 Å². The average Bonchev–Trinajstić information content (AvgIpc) is 2.14. The van der Waals surface area contributed by atoms with Gasteiger partial charge in [0.1, 0.15) is 22.8 Å². The van der Waals surface area contributed by atoms with Gasteiger partial charge >= 0.3 is 0 Å². The molecule has 76 valence electrons. The molecule has 0 aromatic heterocycles. The second-order valence-electron chi connectivity index (χ2n) is 3.04. The first-order valence-corrected chi connectivity index (χ1v) is 4.26. The molecular weight excluding hydrogens is 184 g/mol. The standard InChI is InChI=1S/C10H12O4/c1-3-6(11)9-8(13)4-7(12)5(2)10(9)14/h4,12-14H,3H2,1-2H3. The molecule has 4 nitrogen and oxygen atoms in total. The number of aromatic hydroxyl groups is 3. The van der Waals surface area contributed by atoms with Gasteiger partial charge in [0, 0.05) is 18.1 Å². The molecule has 0 saturated heterocycles. The summed E-state index contributed by atoms with van der Waals surface area (Å²) in [5, 5.41) is 28.1. The van der Waals surface area contributed by atoms with Gasteiger partial charge in [0.15, 0.2) is 5.78 Å². The zero-order chi connectivity index (χ0) is 10.9. The highest BCUT2D eigenvalue weighted by Crippen LogP contribution is 2.37. The Kier molecular flexibility index (Phi) is 2.65. The van der Waals surface area contributed by atoms with Gasteiger partial charge in [-0.15, -0.1) is 0 Å². The molecule has 0 bridgehead atoms. The number of phenols is 3. The maximum Gasteiger partial charge on any atom is 0.170 e. The summed E-state index contributed by atoms with van der Waals surface area (Å²) < 4.78 is 0. The first-order chi connectivity index (χ1) is 6.49. The number of Topliss-reactive ketones (excluding diaryl/α,β-unsaturated/α-hetero) is 1. The fourth-order valence-electron chi connectivity index (χ4n) is 1.19. The molecule has 3 N–H and O–H groups in total. The van der Waals surface area contributed by atoms with E-state index in [0.29, 0.717) is 0 Å². The van der Waals surface area contributed by atoms with Crippen molar-refractivity contribution >= 4 is 5.78 Å². The van der Waals surface area contributed by atoms with Crippen LogP contribution in [0.15, 0.2) is 6.07 Å². The SMILES string of the molecule is CCC(=O)c1c(O)cc(O)c(C)c1O. The van der Waals surface area contributed by atoms with E-state index in [0.717, 1.165) is 6.07 Å². The van der Waals surface area contributed by atoms with Crippen molar-refractivity contribution in [2.45, 2.75) is 20.3 Å². The van der Waals surface area contributed by atoms with Crippen LogP contribution in [-0.2, 0) is 0 Å². The molecule has 0 fully saturated rings. The van der Waals surface area contributed by atoms with Crippen molar-refractivity contribution in [2.24, 2.45) is 0 Å². The van der Waals surface area contributed by atoms with Crippen molar-refractivity contribution in [3.63, 3.8) is 0 Å². The van der Waals surface area contributed by atoms with Gasteiger partial charge in [-0.25, -0.2) is 0 Å². The van der Waals surface area contributed by atoms with Crippen LogP contribution in [0, 0.1) is 6.92 Å². The second-order valence-corrected chi connectivity index (χ2v) is 3.04. The Morgan fingerprint density at radius 3 is 2.36 bits per heavy atom. The molecule has 0 heterocycles. The molecule has 0 atom stereocenters. The quantitative estimate of drug-likeness (QED) is 0.629. The van der Waals surface area contributed by atoms with Crippen LogP contribution in [0.1, 0.15) is 29.3 Å². The lowest BCUT2D eigenvalue weighted by molar-refractivity contribution is 0.0982. The Labute approximate surface area is 81.4 Å². The summed E-state index contributed by atoms with van der Waals surface area (Å²) in [6.07, 6.45) is 0.186. The van der Waals surface area contributed by atoms with Crippen LogP contribution < -0.4 is 0 Å². The largest absolute Gasteiger partial charge is 0.507 e. The van der Waals surface area contributed by atoms with Gasteiger partial charge in [0.05, 0.1) is 0 Å². The highest BCUT2D eigenvalue weighted by atomic mass is 16.3. The minimum Gasteiger partial charge on any atom is -0.507 e. The third kappa shape index (κ3) is 1.51. The molecule has 0 amide bonds. The first-order valence-electron chi connectivity index (χ1n) is 4.26. The summed E-state index contributed by atoms with van der Waals surface area (Å²) in [5.41, 5.74) is 0.0717. The predicted molar refractivity (Wildman–Crippen MR) is 50.8 cm³/mol. The van der Waals surface area contributed by atoms with E-state index in [1.165, 1.54) is 6.92 Å². The van der Waals surface area contributed by atoms with Crippen LogP contribution in [0.5, 0.6) is 17.2 Å². The number of ketones is 1. The van der Waals surface area contributed by atoms with Crippen LogP contribution in [-0.4, -0.2) is 21.1 Å². The number of hydrogen-bond acceptors (Lipinski definition) is 4. The first kappa shape index (κ1) is 10.4. The number of rotatable bonds is 2. The van der Waals surface area contributed by atoms with Gasteiger partial charge < -0.3 is 15.3 Å². The van der Waals surface area contributed by atoms with Crippen LogP contribution in [0.25, 0.3) is 0 Å². The molecule has 0 radical (unpaired) electrons. The third-order valence-corrected chi connectivity index (χ3v) is 2.11. The predicted octanol–water partition coefficient (Wildman–Crippen LogP) is 1.70. The molecule has 0 unspecified atom stereocenters. The average molecular weight is 196 g/mol. The van der Waals surface area contributed by atoms with Crippen LogP contribution in [0.3, 0.4) is 0 Å². The normalized spacial score (nSPS) is 10.1. The summed E-state index contributed by atoms with van der Waals surface area (Å²) in [5.74, 6) is -1.33. The minimum absolute atomic E-state index is 0.122. The molecule has 0 spiro atoms. The van der Waals surface area contributed by atoms with Gasteiger partial charge in [-0.1, -0.05) is 6.92 Å². The zero-order valence-electron chi connectivity index (χ0n) is 8.03. The molecule has 1 rings (SSSR count). The zero-order valence-corrected chi connectivity index (χ0v) is 8.03. The Bertz CT molecular complexity index is 382. The molecule has 0 aliphatic rings. The molecule has 0 saturated carbocycles. The summed E-state index contributed by atoms with van der Waals surface area (Å²) in [6.45, 7) is 3.10. The van der Waals surface area contributed by atoms with E-state index in [4.69, 9.17) is 0 Å². The maximum atomic E-state index is 11.3. The van der Waals surface area contributed by atoms with E-state index in [2.05, 4.69) is 0 Å². The van der Waals surface area contributed by atoms with Crippen LogP contribution in [0.4, 0.5) is 0 Å². The van der Waals surface area contributed by atoms with E-state index < -0.39 is 5.75 Å². The van der Waals surface area contributed by atoms with Crippen molar-refractivity contribution in [3.8, 4) is 17.2 Å². The molecule has 0 aliphatic carbocycles. The van der Waals surface area contributed by atoms with Gasteiger partial charge in [0.25, 0.3) is 0 Å². The van der Waals surface area contributed by atoms with Gasteiger partial charge in [0.2, 0.25) is 0 Å². The van der Waals surface area contributed by atoms with E-state index in [9.17, 15) is 20.1 Å². The third-order valence-electron chi connectivity index (χ3n) is 2.11. The van der Waals surface area contributed by atoms with Crippen molar-refractivity contribution in [1.29, 1.82) is 0 Å². The van der Waals surface area contributed by atoms with Crippen molar-refractivity contribution in [2.75, 3.05) is 0 Å². The minimum atomic E-state index is -0.391. The summed E-state index contributed by atoms with van der Waals surface area (Å²) in [6, 6.07) is 1.05. The summed E-state index contributed by atoms with van der Waals surface area (Å²) >= 11 is 0.